The summed E-state index contributed by atoms with van der Waals surface area (Å²) in [6.07, 6.45) is -0.356. The maximum atomic E-state index is 11.2. The Kier molecular flexibility index (Phi) is 5.46. The average Bonchev–Trinajstić information content (AvgIpc) is 2.99. The maximum Gasteiger partial charge on any atom is 0.160 e. The molecule has 0 aromatic heterocycles. The summed E-state index contributed by atoms with van der Waals surface area (Å²) in [6, 6.07) is 9.71. The van der Waals surface area contributed by atoms with Crippen molar-refractivity contribution < 1.29 is 34.6 Å². The van der Waals surface area contributed by atoms with Crippen molar-refractivity contribution in [1.82, 2.24) is 0 Å². The van der Waals surface area contributed by atoms with E-state index in [1.165, 1.54) is 12.1 Å². The molecule has 7 nitrogen and oxygen atoms in total. The molecule has 3 rings (SSSR count). The Morgan fingerprint density at radius 3 is 2.41 bits per heavy atom. The van der Waals surface area contributed by atoms with Gasteiger partial charge in [-0.05, 0) is 35.4 Å². The molecule has 1 aliphatic heterocycles. The number of methoxy groups -OCH3 is 2. The van der Waals surface area contributed by atoms with Crippen molar-refractivity contribution in [3.05, 3.63) is 47.5 Å². The van der Waals surface area contributed by atoms with Gasteiger partial charge in [0.1, 0.15) is 0 Å². The fraction of sp³-hybridized carbons (Fsp3) is 0.400. The third-order valence-corrected chi connectivity index (χ3v) is 5.05. The summed E-state index contributed by atoms with van der Waals surface area (Å²) in [4.78, 5) is 0. The first-order valence-electron chi connectivity index (χ1n) is 8.59. The Balaban J connectivity index is 1.86. The number of hydrogen-bond donors (Lipinski definition) is 4. The minimum absolute atomic E-state index is 0.0267. The van der Waals surface area contributed by atoms with Gasteiger partial charge < -0.3 is 34.6 Å². The third kappa shape index (κ3) is 3.66. The first-order valence-corrected chi connectivity index (χ1v) is 8.59. The standard InChI is InChI=1S/C20H24O7/c1-25-17-6-3-12(7-18(17)26-2)9-20(24)11-27-19(14(20)10-21)13-4-5-15(22)16(23)8-13/h3-8,14,19,21-24H,9-11H2,1-2H3. The molecule has 3 unspecified atom stereocenters. The molecule has 0 spiro atoms. The number of aromatic hydroxyl groups is 2. The highest BCUT2D eigenvalue weighted by atomic mass is 16.5. The summed E-state index contributed by atoms with van der Waals surface area (Å²) in [6.45, 7) is -0.269. The fourth-order valence-corrected chi connectivity index (χ4v) is 3.58. The second-order valence-corrected chi connectivity index (χ2v) is 6.74. The predicted octanol–water partition coefficient (Wildman–Crippen LogP) is 1.77. The highest BCUT2D eigenvalue weighted by Gasteiger charge is 2.49. The number of phenols is 2. The molecule has 7 heteroatoms. The van der Waals surface area contributed by atoms with E-state index >= 15 is 0 Å². The highest BCUT2D eigenvalue weighted by molar-refractivity contribution is 5.44. The minimum Gasteiger partial charge on any atom is -0.504 e. The Morgan fingerprint density at radius 2 is 1.78 bits per heavy atom. The molecule has 0 amide bonds. The lowest BCUT2D eigenvalue weighted by atomic mass is 9.80. The summed E-state index contributed by atoms with van der Waals surface area (Å²) in [5.41, 5.74) is 0.0889. The van der Waals surface area contributed by atoms with Crippen molar-refractivity contribution in [1.29, 1.82) is 0 Å². The molecule has 3 atom stereocenters. The summed E-state index contributed by atoms with van der Waals surface area (Å²) in [7, 11) is 3.09. The van der Waals surface area contributed by atoms with E-state index in [9.17, 15) is 20.4 Å². The van der Waals surface area contributed by atoms with E-state index in [-0.39, 0.29) is 31.1 Å². The second-order valence-electron chi connectivity index (χ2n) is 6.74. The van der Waals surface area contributed by atoms with Crippen molar-refractivity contribution in [2.24, 2.45) is 5.92 Å². The number of aliphatic hydroxyl groups excluding tert-OH is 1. The van der Waals surface area contributed by atoms with Gasteiger partial charge in [-0.1, -0.05) is 12.1 Å². The molecule has 146 valence electrons. The van der Waals surface area contributed by atoms with Crippen LogP contribution in [0.25, 0.3) is 0 Å². The normalized spacial score (nSPS) is 24.7. The van der Waals surface area contributed by atoms with Crippen LogP contribution in [0.1, 0.15) is 17.2 Å². The van der Waals surface area contributed by atoms with Crippen LogP contribution in [-0.2, 0) is 11.2 Å². The van der Waals surface area contributed by atoms with Crippen LogP contribution in [0.2, 0.25) is 0 Å². The molecule has 0 radical (unpaired) electrons. The molecule has 27 heavy (non-hydrogen) atoms. The van der Waals surface area contributed by atoms with Crippen LogP contribution < -0.4 is 9.47 Å². The van der Waals surface area contributed by atoms with Gasteiger partial charge in [0.05, 0.1) is 39.1 Å². The second kappa shape index (κ2) is 7.64. The Bertz CT molecular complexity index is 807. The Hall–Kier alpha value is -2.48. The lowest BCUT2D eigenvalue weighted by Crippen LogP contribution is -2.41. The van der Waals surface area contributed by atoms with Crippen molar-refractivity contribution in [3.8, 4) is 23.0 Å². The molecule has 2 aromatic carbocycles. The van der Waals surface area contributed by atoms with E-state index < -0.39 is 17.6 Å². The molecular formula is C20H24O7. The lowest BCUT2D eigenvalue weighted by molar-refractivity contribution is -0.0150. The topological polar surface area (TPSA) is 109 Å². The number of aliphatic hydroxyl groups is 2. The monoisotopic (exact) mass is 376 g/mol. The number of ether oxygens (including phenoxy) is 3. The average molecular weight is 376 g/mol. The smallest absolute Gasteiger partial charge is 0.160 e. The molecule has 1 fully saturated rings. The van der Waals surface area contributed by atoms with Crippen LogP contribution >= 0.6 is 0 Å². The summed E-state index contributed by atoms with van der Waals surface area (Å²) in [5, 5.41) is 40.3. The fourth-order valence-electron chi connectivity index (χ4n) is 3.58. The quantitative estimate of drug-likeness (QED) is 0.569. The number of rotatable bonds is 6. The molecule has 1 aliphatic rings. The summed E-state index contributed by atoms with van der Waals surface area (Å²) >= 11 is 0. The number of hydrogen-bond acceptors (Lipinski definition) is 7. The molecule has 0 aliphatic carbocycles. The molecule has 1 saturated heterocycles. The van der Waals surface area contributed by atoms with E-state index in [4.69, 9.17) is 14.2 Å². The molecule has 4 N–H and O–H groups in total. The lowest BCUT2D eigenvalue weighted by Gasteiger charge is -2.29. The largest absolute Gasteiger partial charge is 0.504 e. The van der Waals surface area contributed by atoms with Crippen molar-refractivity contribution in [2.45, 2.75) is 18.1 Å². The van der Waals surface area contributed by atoms with Gasteiger partial charge in [0.15, 0.2) is 23.0 Å². The van der Waals surface area contributed by atoms with Gasteiger partial charge in [0.2, 0.25) is 0 Å². The predicted molar refractivity (Wildman–Crippen MR) is 97.2 cm³/mol. The van der Waals surface area contributed by atoms with Crippen LogP contribution in [0.4, 0.5) is 0 Å². The number of phenolic OH excluding ortho intramolecular Hbond substituents is 2. The van der Waals surface area contributed by atoms with Gasteiger partial charge in [0, 0.05) is 12.3 Å². The first-order chi connectivity index (χ1) is 12.9. The van der Waals surface area contributed by atoms with Crippen molar-refractivity contribution in [3.63, 3.8) is 0 Å². The van der Waals surface area contributed by atoms with Crippen LogP contribution in [0.3, 0.4) is 0 Å². The van der Waals surface area contributed by atoms with Gasteiger partial charge in [-0.3, -0.25) is 0 Å². The summed E-state index contributed by atoms with van der Waals surface area (Å²) in [5.74, 6) is 0.0284. The van der Waals surface area contributed by atoms with E-state index in [0.717, 1.165) is 5.56 Å². The molecule has 2 aromatic rings. The maximum absolute atomic E-state index is 11.2. The zero-order valence-corrected chi connectivity index (χ0v) is 15.3. The zero-order chi connectivity index (χ0) is 19.6. The van der Waals surface area contributed by atoms with Crippen LogP contribution in [-0.4, -0.2) is 53.5 Å². The third-order valence-electron chi connectivity index (χ3n) is 5.05. The van der Waals surface area contributed by atoms with Crippen LogP contribution in [0.5, 0.6) is 23.0 Å². The summed E-state index contributed by atoms with van der Waals surface area (Å²) < 4.78 is 16.3. The van der Waals surface area contributed by atoms with E-state index in [1.54, 1.807) is 32.4 Å². The SMILES string of the molecule is COc1ccc(CC2(O)COC(c3ccc(O)c(O)c3)C2CO)cc1OC. The first kappa shape index (κ1) is 19.3. The highest BCUT2D eigenvalue weighted by Crippen LogP contribution is 2.44. The van der Waals surface area contributed by atoms with Gasteiger partial charge in [-0.15, -0.1) is 0 Å². The zero-order valence-electron chi connectivity index (χ0n) is 15.3. The van der Waals surface area contributed by atoms with E-state index in [0.29, 0.717) is 17.1 Å². The van der Waals surface area contributed by atoms with Crippen LogP contribution in [0.15, 0.2) is 36.4 Å². The Morgan fingerprint density at radius 1 is 1.04 bits per heavy atom. The van der Waals surface area contributed by atoms with E-state index in [1.807, 2.05) is 6.07 Å². The van der Waals surface area contributed by atoms with Gasteiger partial charge >= 0.3 is 0 Å². The van der Waals surface area contributed by atoms with E-state index in [2.05, 4.69) is 0 Å². The molecule has 0 saturated carbocycles. The molecule has 1 heterocycles. The van der Waals surface area contributed by atoms with Crippen LogP contribution in [0, 0.1) is 5.92 Å². The van der Waals surface area contributed by atoms with Crippen molar-refractivity contribution >= 4 is 0 Å². The molecule has 0 bridgehead atoms. The number of benzene rings is 2. The van der Waals surface area contributed by atoms with Gasteiger partial charge in [0.25, 0.3) is 0 Å². The van der Waals surface area contributed by atoms with Gasteiger partial charge in [-0.25, -0.2) is 0 Å². The van der Waals surface area contributed by atoms with Gasteiger partial charge in [-0.2, -0.15) is 0 Å². The minimum atomic E-state index is -1.30. The Labute approximate surface area is 157 Å². The molecular weight excluding hydrogens is 352 g/mol. The van der Waals surface area contributed by atoms with Crippen molar-refractivity contribution in [2.75, 3.05) is 27.4 Å².